The van der Waals surface area contributed by atoms with Gasteiger partial charge in [0.05, 0.1) is 18.7 Å². The Kier molecular flexibility index (Phi) is 7.41. The molecule has 0 N–H and O–H groups in total. The van der Waals surface area contributed by atoms with Crippen LogP contribution in [0, 0.1) is 0 Å². The normalized spacial score (nSPS) is 15.2. The minimum Gasteiger partial charge on any atom is -0.454 e. The summed E-state index contributed by atoms with van der Waals surface area (Å²) < 4.78 is 22.3. The first-order valence-electron chi connectivity index (χ1n) is 12.6. The molecule has 3 aromatic rings. The monoisotopic (exact) mass is 491 g/mol. The standard InChI is InChI=1S/C28H33N3O5/c1-30(22-11-7-4-8-12-22)28-23(26(29-36-28)20-9-5-3-6-10-20)18-31(15-16-33-2)27(32)21-13-14-24-25(17-21)35-19-34-24/h3,5-6,9-10,13-14,17,22H,4,7-8,11-12,15-16,18-19H2,1-2H3. The van der Waals surface area contributed by atoms with Gasteiger partial charge in [-0.3, -0.25) is 4.79 Å². The third kappa shape index (κ3) is 5.04. The zero-order valence-electron chi connectivity index (χ0n) is 20.9. The van der Waals surface area contributed by atoms with Crippen molar-refractivity contribution in [3.05, 3.63) is 59.7 Å². The van der Waals surface area contributed by atoms with Crippen LogP contribution >= 0.6 is 0 Å². The first-order valence-corrected chi connectivity index (χ1v) is 12.6. The van der Waals surface area contributed by atoms with Crippen molar-refractivity contribution in [2.24, 2.45) is 0 Å². The van der Waals surface area contributed by atoms with Crippen molar-refractivity contribution >= 4 is 11.8 Å². The van der Waals surface area contributed by atoms with E-state index in [1.165, 1.54) is 19.3 Å². The lowest BCUT2D eigenvalue weighted by Crippen LogP contribution is -2.36. The number of benzene rings is 2. The fraction of sp³-hybridized carbons (Fsp3) is 0.429. The van der Waals surface area contributed by atoms with Gasteiger partial charge in [0.2, 0.25) is 12.7 Å². The van der Waals surface area contributed by atoms with Gasteiger partial charge in [-0.1, -0.05) is 54.8 Å². The highest BCUT2D eigenvalue weighted by Crippen LogP contribution is 2.36. The average molecular weight is 492 g/mol. The molecule has 1 amide bonds. The number of nitrogens with zero attached hydrogens (tertiary/aromatic N) is 3. The van der Waals surface area contributed by atoms with Crippen molar-refractivity contribution in [1.29, 1.82) is 0 Å². The van der Waals surface area contributed by atoms with Gasteiger partial charge in [0.25, 0.3) is 5.91 Å². The number of carbonyl (C=O) groups excluding carboxylic acids is 1. The molecule has 8 nitrogen and oxygen atoms in total. The van der Waals surface area contributed by atoms with Gasteiger partial charge in [-0.15, -0.1) is 0 Å². The molecule has 5 rings (SSSR count). The maximum Gasteiger partial charge on any atom is 0.254 e. The number of ether oxygens (including phenoxy) is 3. The molecule has 1 aliphatic carbocycles. The third-order valence-corrected chi connectivity index (χ3v) is 7.08. The van der Waals surface area contributed by atoms with Crippen LogP contribution in [-0.4, -0.2) is 56.1 Å². The van der Waals surface area contributed by atoms with E-state index in [2.05, 4.69) is 17.1 Å². The Bertz CT molecular complexity index is 1170. The number of methoxy groups -OCH3 is 1. The Morgan fingerprint density at radius 2 is 1.83 bits per heavy atom. The molecule has 2 aromatic carbocycles. The predicted molar refractivity (Wildman–Crippen MR) is 136 cm³/mol. The molecular weight excluding hydrogens is 458 g/mol. The zero-order valence-corrected chi connectivity index (χ0v) is 20.9. The van der Waals surface area contributed by atoms with Crippen LogP contribution in [0.2, 0.25) is 0 Å². The number of fused-ring (bicyclic) bond motifs is 1. The van der Waals surface area contributed by atoms with Gasteiger partial charge in [-0.2, -0.15) is 0 Å². The summed E-state index contributed by atoms with van der Waals surface area (Å²) in [6.07, 6.45) is 5.96. The van der Waals surface area contributed by atoms with Crippen LogP contribution in [0.1, 0.15) is 48.0 Å². The molecule has 36 heavy (non-hydrogen) atoms. The first kappa shape index (κ1) is 24.2. The Hall–Kier alpha value is -3.52. The second-order valence-corrected chi connectivity index (χ2v) is 9.37. The average Bonchev–Trinajstić information content (AvgIpc) is 3.58. The minimum atomic E-state index is -0.114. The lowest BCUT2D eigenvalue weighted by atomic mass is 9.94. The second-order valence-electron chi connectivity index (χ2n) is 9.37. The van der Waals surface area contributed by atoms with Crippen LogP contribution in [0.5, 0.6) is 11.5 Å². The molecule has 2 heterocycles. The van der Waals surface area contributed by atoms with E-state index in [4.69, 9.17) is 18.7 Å². The van der Waals surface area contributed by atoms with Gasteiger partial charge in [0, 0.05) is 37.9 Å². The predicted octanol–water partition coefficient (Wildman–Crippen LogP) is 5.13. The quantitative estimate of drug-likeness (QED) is 0.411. The Labute approximate surface area is 211 Å². The summed E-state index contributed by atoms with van der Waals surface area (Å²) >= 11 is 0. The summed E-state index contributed by atoms with van der Waals surface area (Å²) in [7, 11) is 3.72. The van der Waals surface area contributed by atoms with Crippen molar-refractivity contribution < 1.29 is 23.5 Å². The first-order chi connectivity index (χ1) is 17.7. The van der Waals surface area contributed by atoms with Gasteiger partial charge in [-0.25, -0.2) is 0 Å². The van der Waals surface area contributed by atoms with Crippen molar-refractivity contribution in [2.75, 3.05) is 39.0 Å². The molecular formula is C28H33N3O5. The van der Waals surface area contributed by atoms with Crippen LogP contribution in [0.15, 0.2) is 53.1 Å². The molecule has 1 aliphatic heterocycles. The van der Waals surface area contributed by atoms with E-state index >= 15 is 0 Å². The molecule has 0 saturated heterocycles. The van der Waals surface area contributed by atoms with Gasteiger partial charge in [0.1, 0.15) is 5.69 Å². The van der Waals surface area contributed by atoms with E-state index in [1.54, 1.807) is 30.2 Å². The van der Waals surface area contributed by atoms with E-state index in [-0.39, 0.29) is 12.7 Å². The van der Waals surface area contributed by atoms with Crippen molar-refractivity contribution in [3.63, 3.8) is 0 Å². The molecule has 1 aromatic heterocycles. The Morgan fingerprint density at radius 3 is 2.61 bits per heavy atom. The number of amides is 1. The fourth-order valence-corrected chi connectivity index (χ4v) is 5.03. The maximum absolute atomic E-state index is 13.7. The number of aromatic nitrogens is 1. The van der Waals surface area contributed by atoms with Crippen LogP contribution in [0.4, 0.5) is 5.88 Å². The summed E-state index contributed by atoms with van der Waals surface area (Å²) in [6.45, 7) is 1.35. The van der Waals surface area contributed by atoms with Crippen molar-refractivity contribution in [3.8, 4) is 22.8 Å². The number of carbonyl (C=O) groups is 1. The molecule has 0 bridgehead atoms. The molecule has 0 spiro atoms. The van der Waals surface area contributed by atoms with Crippen molar-refractivity contribution in [2.45, 2.75) is 44.7 Å². The van der Waals surface area contributed by atoms with E-state index in [0.717, 1.165) is 35.5 Å². The maximum atomic E-state index is 13.7. The summed E-state index contributed by atoms with van der Waals surface area (Å²) in [4.78, 5) is 17.7. The highest BCUT2D eigenvalue weighted by atomic mass is 16.7. The van der Waals surface area contributed by atoms with Gasteiger partial charge >= 0.3 is 0 Å². The number of anilines is 1. The van der Waals surface area contributed by atoms with Gasteiger partial charge < -0.3 is 28.5 Å². The molecule has 1 saturated carbocycles. The largest absolute Gasteiger partial charge is 0.454 e. The van der Waals surface area contributed by atoms with Crippen LogP contribution in [0.25, 0.3) is 11.3 Å². The van der Waals surface area contributed by atoms with Gasteiger partial charge in [0.15, 0.2) is 11.5 Å². The highest BCUT2D eigenvalue weighted by molar-refractivity contribution is 5.95. The lowest BCUT2D eigenvalue weighted by molar-refractivity contribution is 0.0680. The number of hydrogen-bond acceptors (Lipinski definition) is 7. The van der Waals surface area contributed by atoms with Gasteiger partial charge in [-0.05, 0) is 31.0 Å². The SMILES string of the molecule is COCCN(Cc1c(-c2ccccc2)noc1N(C)C1CCCCC1)C(=O)c1ccc2c(c1)OCO2. The minimum absolute atomic E-state index is 0.114. The molecule has 0 atom stereocenters. The molecule has 8 heteroatoms. The molecule has 1 fully saturated rings. The second kappa shape index (κ2) is 11.0. The van der Waals surface area contributed by atoms with E-state index in [0.29, 0.717) is 42.8 Å². The Morgan fingerprint density at radius 1 is 1.06 bits per heavy atom. The van der Waals surface area contributed by atoms with Crippen molar-refractivity contribution in [1.82, 2.24) is 10.1 Å². The lowest BCUT2D eigenvalue weighted by Gasteiger charge is -2.32. The van der Waals surface area contributed by atoms with E-state index in [1.807, 2.05) is 30.3 Å². The van der Waals surface area contributed by atoms with Crippen LogP contribution < -0.4 is 14.4 Å². The molecule has 0 unspecified atom stereocenters. The number of rotatable bonds is 9. The topological polar surface area (TPSA) is 77.3 Å². The third-order valence-electron chi connectivity index (χ3n) is 7.08. The molecule has 2 aliphatic rings. The summed E-state index contributed by atoms with van der Waals surface area (Å²) in [5.41, 5.74) is 3.16. The van der Waals surface area contributed by atoms with Crippen LogP contribution in [0.3, 0.4) is 0 Å². The zero-order chi connectivity index (χ0) is 24.9. The fourth-order valence-electron chi connectivity index (χ4n) is 5.03. The molecule has 0 radical (unpaired) electrons. The van der Waals surface area contributed by atoms with E-state index in [9.17, 15) is 4.79 Å². The molecule has 190 valence electrons. The summed E-state index contributed by atoms with van der Waals surface area (Å²) in [5, 5.41) is 4.49. The smallest absolute Gasteiger partial charge is 0.254 e. The summed E-state index contributed by atoms with van der Waals surface area (Å²) in [6, 6.07) is 15.7. The highest BCUT2D eigenvalue weighted by Gasteiger charge is 2.29. The van der Waals surface area contributed by atoms with E-state index < -0.39 is 0 Å². The Balaban J connectivity index is 1.49. The summed E-state index contributed by atoms with van der Waals surface area (Å²) in [5.74, 6) is 1.84. The number of hydrogen-bond donors (Lipinski definition) is 0. The van der Waals surface area contributed by atoms with Crippen LogP contribution in [-0.2, 0) is 11.3 Å².